The number of halogens is 1. The molecule has 0 saturated carbocycles. The number of amides is 1. The minimum absolute atomic E-state index is 0. The molecular formula is C20H24ClN7O. The monoisotopic (exact) mass is 413 g/mol. The summed E-state index contributed by atoms with van der Waals surface area (Å²) >= 11 is 0. The first kappa shape index (κ1) is 19.6. The van der Waals surface area contributed by atoms with E-state index in [-0.39, 0.29) is 30.4 Å². The van der Waals surface area contributed by atoms with E-state index in [1.54, 1.807) is 10.9 Å². The van der Waals surface area contributed by atoms with Gasteiger partial charge in [0.15, 0.2) is 11.6 Å². The number of aryl methyl sites for hydroxylation is 1. The fourth-order valence-corrected chi connectivity index (χ4v) is 4.28. The van der Waals surface area contributed by atoms with E-state index in [4.69, 9.17) is 0 Å². The molecule has 0 radical (unpaired) electrons. The predicted octanol–water partition coefficient (Wildman–Crippen LogP) is 1.72. The maximum Gasteiger partial charge on any atom is 0.240 e. The maximum absolute atomic E-state index is 13.2. The predicted molar refractivity (Wildman–Crippen MR) is 110 cm³/mol. The SMILES string of the molecule is C[C@H]1CN(C(=O)[C@H]2Cc3ccccc3CN2)Cc2nnc(-c3cnn(C)c3)n21.Cl. The van der Waals surface area contributed by atoms with Gasteiger partial charge in [-0.15, -0.1) is 22.6 Å². The van der Waals surface area contributed by atoms with Crippen molar-refractivity contribution in [1.82, 2.24) is 34.8 Å². The molecule has 1 N–H and O–H groups in total. The van der Waals surface area contributed by atoms with Gasteiger partial charge in [0.25, 0.3) is 0 Å². The van der Waals surface area contributed by atoms with Crippen LogP contribution in [0.25, 0.3) is 11.4 Å². The lowest BCUT2D eigenvalue weighted by Gasteiger charge is -2.36. The number of nitrogens with zero attached hydrogens (tertiary/aromatic N) is 6. The van der Waals surface area contributed by atoms with E-state index < -0.39 is 0 Å². The molecule has 0 fully saturated rings. The van der Waals surface area contributed by atoms with Crippen LogP contribution in [0.1, 0.15) is 29.9 Å². The van der Waals surface area contributed by atoms with E-state index in [1.165, 1.54) is 11.1 Å². The highest BCUT2D eigenvalue weighted by molar-refractivity contribution is 5.85. The Morgan fingerprint density at radius 1 is 1.21 bits per heavy atom. The van der Waals surface area contributed by atoms with E-state index >= 15 is 0 Å². The van der Waals surface area contributed by atoms with Gasteiger partial charge in [0.05, 0.1) is 30.4 Å². The molecular weight excluding hydrogens is 390 g/mol. The van der Waals surface area contributed by atoms with Gasteiger partial charge in [-0.25, -0.2) is 0 Å². The molecule has 0 aliphatic carbocycles. The summed E-state index contributed by atoms with van der Waals surface area (Å²) in [6.07, 6.45) is 4.46. The van der Waals surface area contributed by atoms with Crippen LogP contribution in [0.4, 0.5) is 0 Å². The zero-order valence-electron chi connectivity index (χ0n) is 16.4. The highest BCUT2D eigenvalue weighted by atomic mass is 35.5. The van der Waals surface area contributed by atoms with Crippen molar-refractivity contribution < 1.29 is 4.79 Å². The Morgan fingerprint density at radius 2 is 2.00 bits per heavy atom. The average molecular weight is 414 g/mol. The van der Waals surface area contributed by atoms with Gasteiger partial charge in [-0.05, 0) is 24.5 Å². The first-order chi connectivity index (χ1) is 13.6. The second-order valence-corrected chi connectivity index (χ2v) is 7.69. The number of carbonyl (C=O) groups is 1. The quantitative estimate of drug-likeness (QED) is 0.691. The highest BCUT2D eigenvalue weighted by Gasteiger charge is 2.34. The molecule has 8 nitrogen and oxygen atoms in total. The smallest absolute Gasteiger partial charge is 0.240 e. The van der Waals surface area contributed by atoms with Crippen LogP contribution in [0.5, 0.6) is 0 Å². The Kier molecular flexibility index (Phi) is 5.14. The topological polar surface area (TPSA) is 80.9 Å². The molecule has 2 atom stereocenters. The van der Waals surface area contributed by atoms with Crippen LogP contribution < -0.4 is 5.32 Å². The Hall–Kier alpha value is -2.71. The molecule has 152 valence electrons. The maximum atomic E-state index is 13.2. The molecule has 3 aromatic rings. The van der Waals surface area contributed by atoms with Gasteiger partial charge in [0.1, 0.15) is 0 Å². The summed E-state index contributed by atoms with van der Waals surface area (Å²) < 4.78 is 3.89. The van der Waals surface area contributed by atoms with Gasteiger partial charge in [0.2, 0.25) is 5.91 Å². The lowest BCUT2D eigenvalue weighted by molar-refractivity contribution is -0.135. The van der Waals surface area contributed by atoms with E-state index in [1.807, 2.05) is 30.3 Å². The van der Waals surface area contributed by atoms with Gasteiger partial charge in [-0.3, -0.25) is 9.48 Å². The molecule has 2 aliphatic heterocycles. The molecule has 4 heterocycles. The molecule has 1 amide bonds. The van der Waals surface area contributed by atoms with Crippen molar-refractivity contribution >= 4 is 18.3 Å². The molecule has 1 aromatic carbocycles. The van der Waals surface area contributed by atoms with Crippen molar-refractivity contribution in [2.24, 2.45) is 7.05 Å². The van der Waals surface area contributed by atoms with Crippen molar-refractivity contribution in [1.29, 1.82) is 0 Å². The minimum atomic E-state index is -0.186. The molecule has 5 rings (SSSR count). The second-order valence-electron chi connectivity index (χ2n) is 7.69. The van der Waals surface area contributed by atoms with Crippen molar-refractivity contribution in [3.8, 4) is 11.4 Å². The lowest BCUT2D eigenvalue weighted by atomic mass is 9.95. The largest absolute Gasteiger partial charge is 0.332 e. The van der Waals surface area contributed by atoms with Crippen LogP contribution in [0.2, 0.25) is 0 Å². The first-order valence-electron chi connectivity index (χ1n) is 9.62. The van der Waals surface area contributed by atoms with E-state index in [9.17, 15) is 4.79 Å². The number of benzene rings is 1. The standard InChI is InChI=1S/C20H23N7O.ClH/c1-13-10-26(20(28)17-7-14-5-3-4-6-15(14)8-21-17)12-18-23-24-19(27(13)18)16-9-22-25(2)11-16;/h3-6,9,11,13,17,21H,7-8,10,12H2,1-2H3;1H/t13-,17+;/m0./s1. The van der Waals surface area contributed by atoms with Gasteiger partial charge >= 0.3 is 0 Å². The van der Waals surface area contributed by atoms with E-state index in [0.717, 1.165) is 30.2 Å². The molecule has 0 saturated heterocycles. The molecule has 0 unspecified atom stereocenters. The fourth-order valence-electron chi connectivity index (χ4n) is 4.28. The molecule has 9 heteroatoms. The van der Waals surface area contributed by atoms with E-state index in [0.29, 0.717) is 13.1 Å². The van der Waals surface area contributed by atoms with E-state index in [2.05, 4.69) is 44.2 Å². The van der Waals surface area contributed by atoms with Crippen molar-refractivity contribution in [3.05, 3.63) is 53.6 Å². The fraction of sp³-hybridized carbons (Fsp3) is 0.400. The van der Waals surface area contributed by atoms with Crippen LogP contribution in [0.3, 0.4) is 0 Å². The third kappa shape index (κ3) is 3.42. The Morgan fingerprint density at radius 3 is 2.76 bits per heavy atom. The summed E-state index contributed by atoms with van der Waals surface area (Å²) in [7, 11) is 1.89. The van der Waals surface area contributed by atoms with Crippen molar-refractivity contribution in [3.63, 3.8) is 0 Å². The summed E-state index contributed by atoms with van der Waals surface area (Å²) in [5.74, 6) is 1.77. The summed E-state index contributed by atoms with van der Waals surface area (Å²) in [6, 6.07) is 8.24. The number of rotatable bonds is 2. The number of carbonyl (C=O) groups excluding carboxylic acids is 1. The zero-order chi connectivity index (χ0) is 19.3. The van der Waals surface area contributed by atoms with Gasteiger partial charge in [-0.2, -0.15) is 5.10 Å². The summed E-state index contributed by atoms with van der Waals surface area (Å²) in [6.45, 7) is 3.97. The molecule has 0 bridgehead atoms. The van der Waals surface area contributed by atoms with Crippen molar-refractivity contribution in [2.45, 2.75) is 38.5 Å². The van der Waals surface area contributed by atoms with Gasteiger partial charge in [-0.1, -0.05) is 24.3 Å². The molecule has 2 aromatic heterocycles. The number of nitrogens with one attached hydrogen (secondary N) is 1. The summed E-state index contributed by atoms with van der Waals surface area (Å²) in [5.41, 5.74) is 3.48. The van der Waals surface area contributed by atoms with Crippen LogP contribution in [0, 0.1) is 0 Å². The van der Waals surface area contributed by atoms with Crippen LogP contribution >= 0.6 is 12.4 Å². The molecule has 29 heavy (non-hydrogen) atoms. The third-order valence-corrected chi connectivity index (χ3v) is 5.68. The van der Waals surface area contributed by atoms with Gasteiger partial charge in [0, 0.05) is 26.3 Å². The molecule has 0 spiro atoms. The average Bonchev–Trinajstić information content (AvgIpc) is 3.33. The minimum Gasteiger partial charge on any atom is -0.332 e. The Labute approximate surface area is 175 Å². The Bertz CT molecular complexity index is 1040. The normalized spacial score (nSPS) is 20.6. The second kappa shape index (κ2) is 7.61. The third-order valence-electron chi connectivity index (χ3n) is 5.68. The van der Waals surface area contributed by atoms with Crippen LogP contribution in [-0.4, -0.2) is 47.9 Å². The highest BCUT2D eigenvalue weighted by Crippen LogP contribution is 2.28. The number of hydrogen-bond donors (Lipinski definition) is 1. The van der Waals surface area contributed by atoms with Gasteiger partial charge < -0.3 is 14.8 Å². The Balaban J connectivity index is 0.00000205. The van der Waals surface area contributed by atoms with Crippen molar-refractivity contribution in [2.75, 3.05) is 6.54 Å². The number of aromatic nitrogens is 5. The lowest BCUT2D eigenvalue weighted by Crippen LogP contribution is -2.51. The van der Waals surface area contributed by atoms with Crippen LogP contribution in [0.15, 0.2) is 36.7 Å². The summed E-state index contributed by atoms with van der Waals surface area (Å²) in [4.78, 5) is 15.1. The number of fused-ring (bicyclic) bond motifs is 2. The summed E-state index contributed by atoms with van der Waals surface area (Å²) in [5, 5.41) is 16.4. The number of hydrogen-bond acceptors (Lipinski definition) is 5. The van der Waals surface area contributed by atoms with Crippen LogP contribution in [-0.2, 0) is 31.4 Å². The molecule has 2 aliphatic rings. The zero-order valence-corrected chi connectivity index (χ0v) is 17.3. The first-order valence-corrected chi connectivity index (χ1v) is 9.62.